The fraction of sp³-hybridized carbons (Fsp3) is 0.550. The van der Waals surface area contributed by atoms with Crippen molar-refractivity contribution in [2.24, 2.45) is 7.05 Å². The van der Waals surface area contributed by atoms with Gasteiger partial charge < -0.3 is 24.8 Å². The minimum atomic E-state index is -0.145. The first-order valence-corrected chi connectivity index (χ1v) is 9.98. The molecule has 2 aliphatic heterocycles. The Balaban J connectivity index is 1.34. The molecule has 2 aliphatic rings. The van der Waals surface area contributed by atoms with Gasteiger partial charge in [-0.25, -0.2) is 9.78 Å². The highest BCUT2D eigenvalue weighted by Crippen LogP contribution is 2.18. The number of anilines is 1. The highest BCUT2D eigenvalue weighted by atomic mass is 16.5. The van der Waals surface area contributed by atoms with Crippen molar-refractivity contribution in [1.82, 2.24) is 20.2 Å². The van der Waals surface area contributed by atoms with E-state index in [4.69, 9.17) is 4.74 Å². The first kappa shape index (κ1) is 18.7. The number of para-hydroxylation sites is 2. The topological polar surface area (TPSA) is 88.5 Å². The summed E-state index contributed by atoms with van der Waals surface area (Å²) >= 11 is 0. The second-order valence-electron chi connectivity index (χ2n) is 7.54. The minimum absolute atomic E-state index is 0.0839. The van der Waals surface area contributed by atoms with Crippen LogP contribution >= 0.6 is 0 Å². The van der Waals surface area contributed by atoms with Crippen LogP contribution in [0.1, 0.15) is 25.7 Å². The molecule has 0 bridgehead atoms. The Hall–Kier alpha value is -2.61. The number of fused-ring (bicyclic) bond motifs is 1. The molecule has 28 heavy (non-hydrogen) atoms. The summed E-state index contributed by atoms with van der Waals surface area (Å²) in [4.78, 5) is 31.4. The van der Waals surface area contributed by atoms with Crippen LogP contribution in [0, 0.1) is 0 Å². The number of ether oxygens (including phenoxy) is 1. The summed E-state index contributed by atoms with van der Waals surface area (Å²) in [5.41, 5.74) is 1.56. The van der Waals surface area contributed by atoms with Crippen LogP contribution in [0.2, 0.25) is 0 Å². The predicted octanol–water partition coefficient (Wildman–Crippen LogP) is 1.38. The summed E-state index contributed by atoms with van der Waals surface area (Å²) in [6, 6.07) is 7.61. The van der Waals surface area contributed by atoms with Gasteiger partial charge in [-0.2, -0.15) is 0 Å². The third kappa shape index (κ3) is 3.96. The molecule has 0 spiro atoms. The number of hydrogen-bond donors (Lipinski definition) is 2. The number of aromatic nitrogens is 2. The summed E-state index contributed by atoms with van der Waals surface area (Å²) in [5, 5.41) is 5.93. The molecule has 3 heterocycles. The Kier molecular flexibility index (Phi) is 5.47. The fourth-order valence-electron chi connectivity index (χ4n) is 3.95. The molecular weight excluding hydrogens is 358 g/mol. The third-order valence-corrected chi connectivity index (χ3v) is 5.61. The maximum atomic E-state index is 12.7. The predicted molar refractivity (Wildman–Crippen MR) is 108 cm³/mol. The molecule has 1 aromatic heterocycles. The van der Waals surface area contributed by atoms with E-state index in [2.05, 4.69) is 15.6 Å². The van der Waals surface area contributed by atoms with Crippen LogP contribution in [0.4, 0.5) is 10.6 Å². The number of amides is 2. The fourth-order valence-corrected chi connectivity index (χ4v) is 3.95. The quantitative estimate of drug-likeness (QED) is 0.830. The summed E-state index contributed by atoms with van der Waals surface area (Å²) in [7, 11) is 1.78. The Morgan fingerprint density at radius 3 is 2.79 bits per heavy atom. The molecule has 8 heteroatoms. The number of hydrogen-bond acceptors (Lipinski definition) is 5. The van der Waals surface area contributed by atoms with Crippen molar-refractivity contribution in [3.05, 3.63) is 34.6 Å². The smallest absolute Gasteiger partial charge is 0.315 e. The molecule has 0 unspecified atom stereocenters. The number of aryl methyl sites for hydroxylation is 1. The van der Waals surface area contributed by atoms with E-state index >= 15 is 0 Å². The number of carbonyl (C=O) groups excluding carboxylic acids is 1. The van der Waals surface area contributed by atoms with Gasteiger partial charge in [-0.05, 0) is 37.8 Å². The van der Waals surface area contributed by atoms with Crippen molar-refractivity contribution in [2.75, 3.05) is 31.1 Å². The number of benzene rings is 1. The molecule has 4 rings (SSSR count). The lowest BCUT2D eigenvalue weighted by Crippen LogP contribution is -2.50. The summed E-state index contributed by atoms with van der Waals surface area (Å²) in [6.07, 6.45) is 3.78. The maximum absolute atomic E-state index is 12.7. The molecular formula is C20H27N5O3. The number of nitrogens with zero attached hydrogens (tertiary/aromatic N) is 3. The van der Waals surface area contributed by atoms with Crippen molar-refractivity contribution < 1.29 is 9.53 Å². The highest BCUT2D eigenvalue weighted by molar-refractivity contribution is 5.76. The maximum Gasteiger partial charge on any atom is 0.315 e. The van der Waals surface area contributed by atoms with Gasteiger partial charge in [0.25, 0.3) is 5.56 Å². The van der Waals surface area contributed by atoms with Crippen molar-refractivity contribution in [2.45, 2.75) is 37.8 Å². The van der Waals surface area contributed by atoms with E-state index in [0.29, 0.717) is 25.5 Å². The summed E-state index contributed by atoms with van der Waals surface area (Å²) in [5.74, 6) is 0.488. The van der Waals surface area contributed by atoms with E-state index in [0.717, 1.165) is 43.3 Å². The van der Waals surface area contributed by atoms with E-state index in [9.17, 15) is 9.59 Å². The molecule has 2 fully saturated rings. The van der Waals surface area contributed by atoms with E-state index < -0.39 is 0 Å². The lowest BCUT2D eigenvalue weighted by atomic mass is 10.1. The van der Waals surface area contributed by atoms with Gasteiger partial charge in [-0.3, -0.25) is 4.79 Å². The Labute approximate surface area is 163 Å². The molecule has 1 atom stereocenters. The molecule has 150 valence electrons. The standard InChI is InChI=1S/C20H27N5O3/c1-24-17-7-3-2-6-16(17)23-18(19(24)26)25-10-8-14(9-11-25)22-20(27)21-13-15-5-4-12-28-15/h2-3,6-7,14-15H,4-5,8-13H2,1H3,(H2,21,22,27)/t15-/m0/s1. The van der Waals surface area contributed by atoms with Gasteiger partial charge in [0.15, 0.2) is 5.82 Å². The van der Waals surface area contributed by atoms with E-state index in [1.165, 1.54) is 0 Å². The number of nitrogens with one attached hydrogen (secondary N) is 2. The lowest BCUT2D eigenvalue weighted by Gasteiger charge is -2.33. The Morgan fingerprint density at radius 2 is 2.04 bits per heavy atom. The molecule has 8 nitrogen and oxygen atoms in total. The first-order chi connectivity index (χ1) is 13.6. The molecule has 0 saturated carbocycles. The first-order valence-electron chi connectivity index (χ1n) is 9.98. The summed E-state index contributed by atoms with van der Waals surface area (Å²) in [6.45, 7) is 2.73. The average molecular weight is 385 g/mol. The van der Waals surface area contributed by atoms with Crippen molar-refractivity contribution in [3.8, 4) is 0 Å². The zero-order chi connectivity index (χ0) is 19.5. The van der Waals surface area contributed by atoms with Crippen molar-refractivity contribution in [1.29, 1.82) is 0 Å². The zero-order valence-electron chi connectivity index (χ0n) is 16.2. The van der Waals surface area contributed by atoms with Crippen LogP contribution in [0.15, 0.2) is 29.1 Å². The van der Waals surface area contributed by atoms with Gasteiger partial charge in [0.05, 0.1) is 17.1 Å². The van der Waals surface area contributed by atoms with Gasteiger partial charge in [0, 0.05) is 39.3 Å². The van der Waals surface area contributed by atoms with Crippen LogP contribution in [0.3, 0.4) is 0 Å². The second-order valence-corrected chi connectivity index (χ2v) is 7.54. The van der Waals surface area contributed by atoms with E-state index in [1.807, 2.05) is 29.2 Å². The van der Waals surface area contributed by atoms with Crippen molar-refractivity contribution >= 4 is 22.9 Å². The lowest BCUT2D eigenvalue weighted by molar-refractivity contribution is 0.111. The summed E-state index contributed by atoms with van der Waals surface area (Å²) < 4.78 is 7.17. The minimum Gasteiger partial charge on any atom is -0.376 e. The van der Waals surface area contributed by atoms with Crippen LogP contribution in [-0.2, 0) is 11.8 Å². The van der Waals surface area contributed by atoms with Gasteiger partial charge in [-0.15, -0.1) is 0 Å². The van der Waals surface area contributed by atoms with Crippen molar-refractivity contribution in [3.63, 3.8) is 0 Å². The van der Waals surface area contributed by atoms with E-state index in [-0.39, 0.29) is 23.7 Å². The molecule has 2 amide bonds. The monoisotopic (exact) mass is 385 g/mol. The normalized spacial score (nSPS) is 20.5. The zero-order valence-corrected chi connectivity index (χ0v) is 16.2. The second kappa shape index (κ2) is 8.18. The molecule has 0 aliphatic carbocycles. The van der Waals surface area contributed by atoms with Gasteiger partial charge in [0.2, 0.25) is 0 Å². The van der Waals surface area contributed by atoms with Crippen LogP contribution < -0.4 is 21.1 Å². The van der Waals surface area contributed by atoms with Crippen LogP contribution in [0.5, 0.6) is 0 Å². The van der Waals surface area contributed by atoms with Crippen LogP contribution in [-0.4, -0.2) is 54.0 Å². The third-order valence-electron chi connectivity index (χ3n) is 5.61. The number of urea groups is 1. The van der Waals surface area contributed by atoms with Gasteiger partial charge in [0.1, 0.15) is 0 Å². The number of rotatable bonds is 4. The molecule has 2 saturated heterocycles. The molecule has 0 radical (unpaired) electrons. The van der Waals surface area contributed by atoms with E-state index in [1.54, 1.807) is 11.6 Å². The Morgan fingerprint density at radius 1 is 1.25 bits per heavy atom. The van der Waals surface area contributed by atoms with Crippen LogP contribution in [0.25, 0.3) is 11.0 Å². The number of carbonyl (C=O) groups is 1. The SMILES string of the molecule is Cn1c(=O)c(N2CCC(NC(=O)NC[C@@H]3CCCO3)CC2)nc2ccccc21. The Bertz CT molecular complexity index is 898. The van der Waals surface area contributed by atoms with Gasteiger partial charge in [-0.1, -0.05) is 12.1 Å². The number of piperidine rings is 1. The molecule has 2 aromatic rings. The molecule has 2 N–H and O–H groups in total. The largest absolute Gasteiger partial charge is 0.376 e. The molecule has 1 aromatic carbocycles. The highest BCUT2D eigenvalue weighted by Gasteiger charge is 2.24. The van der Waals surface area contributed by atoms with Gasteiger partial charge >= 0.3 is 6.03 Å². The average Bonchev–Trinajstić information content (AvgIpc) is 3.24.